The minimum atomic E-state index is -4.52. The Kier molecular flexibility index (Phi) is 6.70. The first kappa shape index (κ1) is 25.9. The molecular formula is C27H31F3N6O2. The number of aryl methyl sites for hydroxylation is 2. The smallest absolute Gasteiger partial charge is 0.416 e. The van der Waals surface area contributed by atoms with E-state index < -0.39 is 11.7 Å². The van der Waals surface area contributed by atoms with Gasteiger partial charge in [-0.05, 0) is 49.9 Å². The van der Waals surface area contributed by atoms with E-state index >= 15 is 0 Å². The highest BCUT2D eigenvalue weighted by Crippen LogP contribution is 2.41. The molecule has 3 aromatic rings. The molecular weight excluding hydrogens is 497 g/mol. The number of alkyl halides is 3. The van der Waals surface area contributed by atoms with Crippen LogP contribution in [0, 0.1) is 6.92 Å². The van der Waals surface area contributed by atoms with Crippen LogP contribution >= 0.6 is 0 Å². The molecule has 11 heteroatoms. The predicted octanol–water partition coefficient (Wildman–Crippen LogP) is 5.32. The summed E-state index contributed by atoms with van der Waals surface area (Å²) in [5.41, 5.74) is 2.13. The van der Waals surface area contributed by atoms with Crippen molar-refractivity contribution >= 4 is 17.5 Å². The Hall–Kier alpha value is -3.76. The maximum Gasteiger partial charge on any atom is 0.416 e. The number of hydrogen-bond acceptors (Lipinski definition) is 5. The molecule has 0 N–H and O–H groups in total. The first-order valence-electron chi connectivity index (χ1n) is 12.6. The lowest BCUT2D eigenvalue weighted by Gasteiger charge is -2.46. The van der Waals surface area contributed by atoms with Crippen molar-refractivity contribution in [1.82, 2.24) is 19.7 Å². The van der Waals surface area contributed by atoms with E-state index in [1.807, 2.05) is 31.0 Å². The zero-order valence-corrected chi connectivity index (χ0v) is 21.9. The number of ether oxygens (including phenoxy) is 1. The molecule has 0 bridgehead atoms. The summed E-state index contributed by atoms with van der Waals surface area (Å²) in [5.74, 6) is 0.978. The topological polar surface area (TPSA) is 66.7 Å². The van der Waals surface area contributed by atoms with Gasteiger partial charge in [0.1, 0.15) is 5.69 Å². The van der Waals surface area contributed by atoms with Crippen molar-refractivity contribution in [2.45, 2.75) is 51.5 Å². The van der Waals surface area contributed by atoms with E-state index in [9.17, 15) is 18.0 Å². The second kappa shape index (κ2) is 9.85. The summed E-state index contributed by atoms with van der Waals surface area (Å²) >= 11 is 0. The van der Waals surface area contributed by atoms with Gasteiger partial charge in [0.05, 0.1) is 25.3 Å². The van der Waals surface area contributed by atoms with Gasteiger partial charge in [0.2, 0.25) is 5.88 Å². The molecule has 2 aromatic heterocycles. The molecule has 0 radical (unpaired) electrons. The molecule has 2 aliphatic rings. The maximum atomic E-state index is 14.0. The summed E-state index contributed by atoms with van der Waals surface area (Å²) in [6, 6.07) is 6.67. The number of hydrogen-bond donors (Lipinski definition) is 0. The van der Waals surface area contributed by atoms with Crippen LogP contribution in [0.2, 0.25) is 0 Å². The van der Waals surface area contributed by atoms with Gasteiger partial charge in [-0.2, -0.15) is 18.3 Å². The number of fused-ring (bicyclic) bond motifs is 1. The maximum absolute atomic E-state index is 14.0. The van der Waals surface area contributed by atoms with Crippen molar-refractivity contribution in [3.05, 3.63) is 65.0 Å². The molecule has 0 saturated carbocycles. The molecule has 8 nitrogen and oxygen atoms in total. The normalized spacial score (nSPS) is 18.7. The lowest BCUT2D eigenvalue weighted by molar-refractivity contribution is -0.138. The van der Waals surface area contributed by atoms with Crippen molar-refractivity contribution in [3.8, 4) is 5.88 Å². The molecule has 1 fully saturated rings. The van der Waals surface area contributed by atoms with Crippen molar-refractivity contribution in [2.24, 2.45) is 7.05 Å². The van der Waals surface area contributed by atoms with Gasteiger partial charge in [-0.3, -0.25) is 9.58 Å². The standard InChI is InChI=1S/C27H31F3N6O2/c1-17-9-12-31-25(38-4)23(17)34-13-10-20(11-14-34)36-18(2)21-16-33(3)32-24(21)35(26(36)37)15-19-7-5-6-8-22(19)27(28,29)30/h5-9,12,16,18,20H,10-11,13-15H2,1-4H3/t18-/m1/s1. The minimum absolute atomic E-state index is 0.0356. The van der Waals surface area contributed by atoms with Gasteiger partial charge in [0, 0.05) is 44.1 Å². The number of aromatic nitrogens is 3. The van der Waals surface area contributed by atoms with E-state index in [2.05, 4.69) is 15.0 Å². The molecule has 38 heavy (non-hydrogen) atoms. The number of rotatable bonds is 5. The Morgan fingerprint density at radius 3 is 2.53 bits per heavy atom. The summed E-state index contributed by atoms with van der Waals surface area (Å²) in [6.45, 7) is 5.15. The van der Waals surface area contributed by atoms with Gasteiger partial charge in [-0.15, -0.1) is 0 Å². The largest absolute Gasteiger partial charge is 0.480 e. The summed E-state index contributed by atoms with van der Waals surface area (Å²) < 4.78 is 48.3. The number of nitrogens with zero attached hydrogens (tertiary/aromatic N) is 6. The van der Waals surface area contributed by atoms with Crippen molar-refractivity contribution in [3.63, 3.8) is 0 Å². The van der Waals surface area contributed by atoms with Crippen LogP contribution in [0.5, 0.6) is 5.88 Å². The monoisotopic (exact) mass is 528 g/mol. The number of halogens is 3. The number of urea groups is 1. The van der Waals surface area contributed by atoms with Crippen molar-refractivity contribution in [2.75, 3.05) is 30.0 Å². The van der Waals surface area contributed by atoms with Gasteiger partial charge in [-0.1, -0.05) is 18.2 Å². The van der Waals surface area contributed by atoms with Crippen LogP contribution in [0.1, 0.15) is 48.1 Å². The number of carbonyl (C=O) groups excluding carboxylic acids is 1. The van der Waals surface area contributed by atoms with Crippen molar-refractivity contribution < 1.29 is 22.7 Å². The summed E-state index contributed by atoms with van der Waals surface area (Å²) in [6.07, 6.45) is 0.455. The number of methoxy groups -OCH3 is 1. The zero-order chi connectivity index (χ0) is 27.2. The molecule has 5 rings (SSSR count). The molecule has 202 valence electrons. The minimum Gasteiger partial charge on any atom is -0.480 e. The second-order valence-corrected chi connectivity index (χ2v) is 9.89. The Morgan fingerprint density at radius 1 is 1.13 bits per heavy atom. The van der Waals surface area contributed by atoms with E-state index in [1.54, 1.807) is 31.1 Å². The van der Waals surface area contributed by atoms with Crippen LogP contribution in [0.25, 0.3) is 0 Å². The third kappa shape index (κ3) is 4.54. The highest BCUT2D eigenvalue weighted by molar-refractivity contribution is 5.94. The molecule has 2 aliphatic heterocycles. The van der Waals surface area contributed by atoms with Gasteiger partial charge in [-0.25, -0.2) is 9.78 Å². The number of benzene rings is 1. The van der Waals surface area contributed by atoms with E-state index in [0.717, 1.165) is 22.9 Å². The molecule has 0 aliphatic carbocycles. The average molecular weight is 529 g/mol. The summed E-state index contributed by atoms with van der Waals surface area (Å²) in [7, 11) is 3.35. The second-order valence-electron chi connectivity index (χ2n) is 9.89. The zero-order valence-electron chi connectivity index (χ0n) is 21.9. The molecule has 1 aromatic carbocycles. The fraction of sp³-hybridized carbons (Fsp3) is 0.444. The molecule has 0 spiro atoms. The predicted molar refractivity (Wildman–Crippen MR) is 137 cm³/mol. The van der Waals surface area contributed by atoms with Crippen LogP contribution in [-0.4, -0.2) is 51.9 Å². The highest BCUT2D eigenvalue weighted by Gasteiger charge is 2.43. The highest BCUT2D eigenvalue weighted by atomic mass is 19.4. The molecule has 1 atom stereocenters. The number of anilines is 2. The van der Waals surface area contributed by atoms with Crippen LogP contribution in [-0.2, 0) is 19.8 Å². The number of amides is 2. The average Bonchev–Trinajstić information content (AvgIpc) is 3.28. The van der Waals surface area contributed by atoms with Crippen LogP contribution in [0.3, 0.4) is 0 Å². The van der Waals surface area contributed by atoms with Crippen LogP contribution in [0.15, 0.2) is 42.7 Å². The van der Waals surface area contributed by atoms with Gasteiger partial charge < -0.3 is 14.5 Å². The molecule has 2 amide bonds. The van der Waals surface area contributed by atoms with Crippen LogP contribution < -0.4 is 14.5 Å². The Morgan fingerprint density at radius 2 is 1.84 bits per heavy atom. The van der Waals surface area contributed by atoms with Gasteiger partial charge in [0.15, 0.2) is 5.82 Å². The lowest BCUT2D eigenvalue weighted by Crippen LogP contribution is -2.55. The van der Waals surface area contributed by atoms with Crippen molar-refractivity contribution in [1.29, 1.82) is 0 Å². The molecule has 1 saturated heterocycles. The van der Waals surface area contributed by atoms with E-state index in [4.69, 9.17) is 4.74 Å². The quantitative estimate of drug-likeness (QED) is 0.448. The van der Waals surface area contributed by atoms with E-state index in [1.165, 1.54) is 17.0 Å². The lowest BCUT2D eigenvalue weighted by atomic mass is 9.97. The third-order valence-electron chi connectivity index (χ3n) is 7.52. The molecule has 0 unspecified atom stereocenters. The van der Waals surface area contributed by atoms with Gasteiger partial charge in [0.25, 0.3) is 0 Å². The Balaban J connectivity index is 1.43. The third-order valence-corrected chi connectivity index (χ3v) is 7.52. The van der Waals surface area contributed by atoms with E-state index in [0.29, 0.717) is 37.6 Å². The van der Waals surface area contributed by atoms with Gasteiger partial charge >= 0.3 is 12.2 Å². The SMILES string of the molecule is COc1nccc(C)c1N1CCC(N2C(=O)N(Cc3ccccc3C(F)(F)F)c3nn(C)cc3[C@H]2C)CC1. The first-order valence-corrected chi connectivity index (χ1v) is 12.6. The first-order chi connectivity index (χ1) is 18.1. The number of pyridine rings is 1. The Bertz CT molecular complexity index is 1330. The summed E-state index contributed by atoms with van der Waals surface area (Å²) in [4.78, 5) is 23.7. The number of carbonyl (C=O) groups is 1. The fourth-order valence-corrected chi connectivity index (χ4v) is 5.69. The Labute approximate surface area is 219 Å². The fourth-order valence-electron chi connectivity index (χ4n) is 5.69. The summed E-state index contributed by atoms with van der Waals surface area (Å²) in [5, 5.41) is 4.47. The van der Waals surface area contributed by atoms with Crippen LogP contribution in [0.4, 0.5) is 29.5 Å². The number of piperidine rings is 1. The van der Waals surface area contributed by atoms with E-state index in [-0.39, 0.29) is 30.2 Å². The molecule has 4 heterocycles.